The fourth-order valence-corrected chi connectivity index (χ4v) is 3.78. The minimum atomic E-state index is -0.755. The van der Waals surface area contributed by atoms with Crippen molar-refractivity contribution in [2.45, 2.75) is 6.54 Å². The van der Waals surface area contributed by atoms with Gasteiger partial charge in [0.15, 0.2) is 5.78 Å². The Balaban J connectivity index is 1.48. The minimum Gasteiger partial charge on any atom is -0.382 e. The van der Waals surface area contributed by atoms with Gasteiger partial charge in [-0.2, -0.15) is 0 Å². The summed E-state index contributed by atoms with van der Waals surface area (Å²) in [5, 5.41) is 7.97. The summed E-state index contributed by atoms with van der Waals surface area (Å²) in [6.45, 7) is 3.53. The van der Waals surface area contributed by atoms with Crippen LogP contribution in [0.3, 0.4) is 0 Å². The Morgan fingerprint density at radius 1 is 1.35 bits per heavy atom. The van der Waals surface area contributed by atoms with Gasteiger partial charge in [0.2, 0.25) is 5.91 Å². The van der Waals surface area contributed by atoms with Crippen molar-refractivity contribution in [3.05, 3.63) is 40.2 Å². The number of nitrogens with one attached hydrogen (secondary N) is 2. The van der Waals surface area contributed by atoms with Crippen LogP contribution < -0.4 is 15.5 Å². The fourth-order valence-electron chi connectivity index (χ4n) is 3.14. The molecule has 2 aromatic heterocycles. The highest BCUT2D eigenvalue weighted by molar-refractivity contribution is 7.09. The van der Waals surface area contributed by atoms with Gasteiger partial charge in [0.1, 0.15) is 17.4 Å². The second-order valence-electron chi connectivity index (χ2n) is 6.26. The lowest BCUT2D eigenvalue weighted by Gasteiger charge is -2.29. The number of carbonyl (C=O) groups is 2. The first-order chi connectivity index (χ1) is 12.7. The Bertz CT molecular complexity index is 803. The van der Waals surface area contributed by atoms with Crippen molar-refractivity contribution in [3.63, 3.8) is 0 Å². The van der Waals surface area contributed by atoms with E-state index in [2.05, 4.69) is 20.5 Å². The first kappa shape index (κ1) is 17.0. The zero-order valence-electron chi connectivity index (χ0n) is 14.2. The molecule has 1 saturated heterocycles. The third-order valence-electron chi connectivity index (χ3n) is 4.60. The number of Topliss-reactive ketones (excluding diaryl/α,β-unsaturated/α-hetero) is 1. The Kier molecular flexibility index (Phi) is 4.85. The second kappa shape index (κ2) is 7.43. The monoisotopic (exact) mass is 372 g/mol. The standard InChI is InChI=1S/C18H20N4O3S/c23-17-13(18(24)20-10-12-2-1-9-26-12)11-19-14-3-4-15(21-16(14)17)22-5-7-25-8-6-22/h1-4,9,13,19H,5-8,10-11H2,(H,20,24). The van der Waals surface area contributed by atoms with Gasteiger partial charge in [-0.3, -0.25) is 9.59 Å². The van der Waals surface area contributed by atoms with Gasteiger partial charge in [-0.05, 0) is 23.6 Å². The zero-order chi connectivity index (χ0) is 17.9. The first-order valence-electron chi connectivity index (χ1n) is 8.64. The molecule has 0 saturated carbocycles. The number of thiophene rings is 1. The molecule has 0 spiro atoms. The summed E-state index contributed by atoms with van der Waals surface area (Å²) < 4.78 is 5.36. The van der Waals surface area contributed by atoms with Crippen LogP contribution in [0.25, 0.3) is 0 Å². The molecule has 4 heterocycles. The van der Waals surface area contributed by atoms with Crippen LogP contribution in [0, 0.1) is 5.92 Å². The number of rotatable bonds is 4. The van der Waals surface area contributed by atoms with Crippen LogP contribution in [0.5, 0.6) is 0 Å². The van der Waals surface area contributed by atoms with E-state index in [9.17, 15) is 9.59 Å². The Morgan fingerprint density at radius 2 is 2.19 bits per heavy atom. The topological polar surface area (TPSA) is 83.6 Å². The predicted octanol–water partition coefficient (Wildman–Crippen LogP) is 1.52. The molecule has 0 bridgehead atoms. The molecule has 1 fully saturated rings. The van der Waals surface area contributed by atoms with E-state index in [4.69, 9.17) is 4.74 Å². The number of aromatic nitrogens is 1. The van der Waals surface area contributed by atoms with Gasteiger partial charge in [0, 0.05) is 24.5 Å². The highest BCUT2D eigenvalue weighted by atomic mass is 32.1. The van der Waals surface area contributed by atoms with E-state index in [-0.39, 0.29) is 11.7 Å². The van der Waals surface area contributed by atoms with Crippen LogP contribution in [0.1, 0.15) is 15.4 Å². The average Bonchev–Trinajstić information content (AvgIpc) is 3.21. The normalized spacial score (nSPS) is 19.6. The van der Waals surface area contributed by atoms with Gasteiger partial charge in [0.25, 0.3) is 0 Å². The predicted molar refractivity (Wildman–Crippen MR) is 99.7 cm³/mol. The van der Waals surface area contributed by atoms with Crippen LogP contribution in [-0.4, -0.2) is 49.5 Å². The third kappa shape index (κ3) is 3.42. The van der Waals surface area contributed by atoms with Crippen molar-refractivity contribution < 1.29 is 14.3 Å². The molecule has 2 aliphatic rings. The number of amides is 1. The van der Waals surface area contributed by atoms with Gasteiger partial charge in [-0.15, -0.1) is 11.3 Å². The van der Waals surface area contributed by atoms with Crippen molar-refractivity contribution in [2.75, 3.05) is 43.1 Å². The number of carbonyl (C=O) groups excluding carboxylic acids is 2. The van der Waals surface area contributed by atoms with Gasteiger partial charge in [-0.1, -0.05) is 6.07 Å². The molecule has 7 nitrogen and oxygen atoms in total. The molecule has 136 valence electrons. The van der Waals surface area contributed by atoms with E-state index in [0.717, 1.165) is 23.8 Å². The van der Waals surface area contributed by atoms with Crippen molar-refractivity contribution in [1.29, 1.82) is 0 Å². The third-order valence-corrected chi connectivity index (χ3v) is 5.47. The summed E-state index contributed by atoms with van der Waals surface area (Å²) in [5.41, 5.74) is 1.03. The van der Waals surface area contributed by atoms with Crippen molar-refractivity contribution in [1.82, 2.24) is 10.3 Å². The summed E-state index contributed by atoms with van der Waals surface area (Å²) in [6, 6.07) is 7.66. The van der Waals surface area contributed by atoms with E-state index in [1.54, 1.807) is 11.3 Å². The molecule has 2 N–H and O–H groups in total. The first-order valence-corrected chi connectivity index (χ1v) is 9.52. The molecule has 26 heavy (non-hydrogen) atoms. The summed E-state index contributed by atoms with van der Waals surface area (Å²) in [6.07, 6.45) is 0. The largest absolute Gasteiger partial charge is 0.382 e. The molecule has 2 aliphatic heterocycles. The Labute approximate surface area is 155 Å². The lowest BCUT2D eigenvalue weighted by atomic mass is 9.95. The SMILES string of the molecule is O=C(NCc1cccs1)C1CNc2ccc(N3CCOCC3)nc2C1=O. The van der Waals surface area contributed by atoms with Crippen LogP contribution in [0.4, 0.5) is 11.5 Å². The second-order valence-corrected chi connectivity index (χ2v) is 7.29. The number of anilines is 2. The summed E-state index contributed by atoms with van der Waals surface area (Å²) in [5.74, 6) is -0.491. The average molecular weight is 372 g/mol. The molecule has 4 rings (SSSR count). The van der Waals surface area contributed by atoms with Gasteiger partial charge in [0.05, 0.1) is 25.4 Å². The number of ether oxygens (including phenoxy) is 1. The molecular formula is C18H20N4O3S. The van der Waals surface area contributed by atoms with Crippen LogP contribution in [-0.2, 0) is 16.1 Å². The lowest BCUT2D eigenvalue weighted by molar-refractivity contribution is -0.123. The maximum absolute atomic E-state index is 12.9. The number of hydrogen-bond donors (Lipinski definition) is 2. The number of morpholine rings is 1. The van der Waals surface area contributed by atoms with Gasteiger partial charge in [-0.25, -0.2) is 4.98 Å². The fraction of sp³-hybridized carbons (Fsp3) is 0.389. The molecule has 1 atom stereocenters. The maximum atomic E-state index is 12.9. The molecule has 2 aromatic rings. The molecule has 0 radical (unpaired) electrons. The van der Waals surface area contributed by atoms with E-state index < -0.39 is 5.92 Å². The Morgan fingerprint density at radius 3 is 2.96 bits per heavy atom. The Hall–Kier alpha value is -2.45. The van der Waals surface area contributed by atoms with Crippen LogP contribution in [0.15, 0.2) is 29.6 Å². The molecule has 8 heteroatoms. The van der Waals surface area contributed by atoms with Crippen molar-refractivity contribution in [2.24, 2.45) is 5.92 Å². The number of hydrogen-bond acceptors (Lipinski definition) is 7. The van der Waals surface area contributed by atoms with Gasteiger partial charge < -0.3 is 20.3 Å². The van der Waals surface area contributed by atoms with Crippen molar-refractivity contribution in [3.8, 4) is 0 Å². The quantitative estimate of drug-likeness (QED) is 0.792. The number of ketones is 1. The zero-order valence-corrected chi connectivity index (χ0v) is 15.1. The summed E-state index contributed by atoms with van der Waals surface area (Å²) in [4.78, 5) is 33.0. The van der Waals surface area contributed by atoms with Crippen LogP contribution in [0.2, 0.25) is 0 Å². The smallest absolute Gasteiger partial charge is 0.233 e. The highest BCUT2D eigenvalue weighted by Gasteiger charge is 2.34. The van der Waals surface area contributed by atoms with E-state index in [0.29, 0.717) is 37.7 Å². The molecule has 1 unspecified atom stereocenters. The number of nitrogens with zero attached hydrogens (tertiary/aromatic N) is 2. The molecule has 0 aromatic carbocycles. The van der Waals surface area contributed by atoms with Crippen LogP contribution >= 0.6 is 11.3 Å². The maximum Gasteiger partial charge on any atom is 0.233 e. The van der Waals surface area contributed by atoms with E-state index >= 15 is 0 Å². The number of pyridine rings is 1. The summed E-state index contributed by atoms with van der Waals surface area (Å²) in [7, 11) is 0. The molecule has 1 amide bonds. The molecular weight excluding hydrogens is 352 g/mol. The van der Waals surface area contributed by atoms with E-state index in [1.807, 2.05) is 29.6 Å². The van der Waals surface area contributed by atoms with E-state index in [1.165, 1.54) is 0 Å². The van der Waals surface area contributed by atoms with Crippen molar-refractivity contribution >= 4 is 34.5 Å². The highest BCUT2D eigenvalue weighted by Crippen LogP contribution is 2.26. The lowest BCUT2D eigenvalue weighted by Crippen LogP contribution is -2.42. The minimum absolute atomic E-state index is 0.225. The molecule has 0 aliphatic carbocycles. The summed E-state index contributed by atoms with van der Waals surface area (Å²) >= 11 is 1.58. The number of fused-ring (bicyclic) bond motifs is 1. The van der Waals surface area contributed by atoms with Gasteiger partial charge >= 0.3 is 0 Å².